The summed E-state index contributed by atoms with van der Waals surface area (Å²) in [5, 5.41) is 17.7. The minimum Gasteiger partial charge on any atom is -0.495 e. The van der Waals surface area contributed by atoms with Crippen LogP contribution in [0.3, 0.4) is 0 Å². The molecule has 3 N–H and O–H groups in total. The summed E-state index contributed by atoms with van der Waals surface area (Å²) in [6.45, 7) is 1.73. The Labute approximate surface area is 93.1 Å². The van der Waals surface area contributed by atoms with Gasteiger partial charge >= 0.3 is 5.97 Å². The average Bonchev–Trinajstić information content (AvgIpc) is 2.26. The van der Waals surface area contributed by atoms with Gasteiger partial charge in [-0.15, -0.1) is 0 Å². The molecule has 0 aliphatic heterocycles. The van der Waals surface area contributed by atoms with E-state index in [2.05, 4.69) is 0 Å². The van der Waals surface area contributed by atoms with E-state index in [0.717, 1.165) is 0 Å². The van der Waals surface area contributed by atoms with Crippen LogP contribution in [0.15, 0.2) is 12.1 Å². The fraction of sp³-hybridized carbons (Fsp3) is 0.273. The molecule has 1 unspecified atom stereocenters. The van der Waals surface area contributed by atoms with Gasteiger partial charge in [-0.1, -0.05) is 6.07 Å². The van der Waals surface area contributed by atoms with Gasteiger partial charge in [0.15, 0.2) is 0 Å². The SMILES string of the molecule is COc1c(C)cc(C(N)C(=O)O)cc1C#N. The predicted molar refractivity (Wildman–Crippen MR) is 57.0 cm³/mol. The number of nitrogens with two attached hydrogens (primary N) is 1. The Hall–Kier alpha value is -2.06. The lowest BCUT2D eigenvalue weighted by Gasteiger charge is -2.12. The highest BCUT2D eigenvalue weighted by Crippen LogP contribution is 2.26. The summed E-state index contributed by atoms with van der Waals surface area (Å²) in [5.41, 5.74) is 6.84. The fourth-order valence-electron chi connectivity index (χ4n) is 1.48. The average molecular weight is 220 g/mol. The van der Waals surface area contributed by atoms with Crippen molar-refractivity contribution in [1.29, 1.82) is 5.26 Å². The zero-order chi connectivity index (χ0) is 12.3. The molecular weight excluding hydrogens is 208 g/mol. The highest BCUT2D eigenvalue weighted by atomic mass is 16.5. The molecule has 1 aromatic rings. The van der Waals surface area contributed by atoms with Crippen molar-refractivity contribution >= 4 is 5.97 Å². The van der Waals surface area contributed by atoms with Gasteiger partial charge in [0.1, 0.15) is 17.9 Å². The maximum atomic E-state index is 10.7. The number of ether oxygens (including phenoxy) is 1. The van der Waals surface area contributed by atoms with E-state index in [1.54, 1.807) is 13.0 Å². The van der Waals surface area contributed by atoms with E-state index in [0.29, 0.717) is 16.9 Å². The van der Waals surface area contributed by atoms with Gasteiger partial charge in [0.2, 0.25) is 0 Å². The maximum absolute atomic E-state index is 10.7. The van der Waals surface area contributed by atoms with E-state index in [1.165, 1.54) is 13.2 Å². The molecule has 1 atom stereocenters. The number of rotatable bonds is 3. The first kappa shape index (κ1) is 12.0. The zero-order valence-electron chi connectivity index (χ0n) is 9.02. The summed E-state index contributed by atoms with van der Waals surface area (Å²) in [5.74, 6) is -0.683. The summed E-state index contributed by atoms with van der Waals surface area (Å²) in [7, 11) is 1.46. The van der Waals surface area contributed by atoms with Gasteiger partial charge in [-0.25, -0.2) is 0 Å². The van der Waals surface area contributed by atoms with Gasteiger partial charge in [-0.2, -0.15) is 5.26 Å². The van der Waals surface area contributed by atoms with E-state index < -0.39 is 12.0 Å². The van der Waals surface area contributed by atoms with Gasteiger partial charge in [-0.05, 0) is 24.1 Å². The van der Waals surface area contributed by atoms with E-state index in [9.17, 15) is 4.79 Å². The molecule has 84 valence electrons. The number of hydrogen-bond acceptors (Lipinski definition) is 4. The number of nitrogens with zero attached hydrogens (tertiary/aromatic N) is 1. The highest BCUT2D eigenvalue weighted by Gasteiger charge is 2.17. The molecule has 0 fully saturated rings. The molecule has 0 saturated heterocycles. The lowest BCUT2D eigenvalue weighted by molar-refractivity contribution is -0.138. The second kappa shape index (κ2) is 4.64. The Balaban J connectivity index is 3.32. The first-order chi connectivity index (χ1) is 7.51. The summed E-state index contributed by atoms with van der Waals surface area (Å²) in [6.07, 6.45) is 0. The molecule has 0 saturated carbocycles. The number of carbonyl (C=O) groups is 1. The molecule has 0 amide bonds. The van der Waals surface area contributed by atoms with Gasteiger partial charge < -0.3 is 15.6 Å². The van der Waals surface area contributed by atoms with Crippen molar-refractivity contribution in [2.75, 3.05) is 7.11 Å². The van der Waals surface area contributed by atoms with E-state index >= 15 is 0 Å². The molecule has 0 aliphatic rings. The van der Waals surface area contributed by atoms with Gasteiger partial charge in [-0.3, -0.25) is 4.79 Å². The van der Waals surface area contributed by atoms with Crippen molar-refractivity contribution < 1.29 is 14.6 Å². The smallest absolute Gasteiger partial charge is 0.325 e. The number of nitriles is 1. The van der Waals surface area contributed by atoms with Crippen molar-refractivity contribution in [3.05, 3.63) is 28.8 Å². The molecule has 5 heteroatoms. The number of aliphatic carboxylic acids is 1. The van der Waals surface area contributed by atoms with Crippen molar-refractivity contribution in [3.8, 4) is 11.8 Å². The fourth-order valence-corrected chi connectivity index (χ4v) is 1.48. The van der Waals surface area contributed by atoms with Gasteiger partial charge in [0.05, 0.1) is 12.7 Å². The Morgan fingerprint density at radius 3 is 2.69 bits per heavy atom. The molecule has 0 heterocycles. The third kappa shape index (κ3) is 2.12. The second-order valence-electron chi connectivity index (χ2n) is 3.35. The molecule has 0 radical (unpaired) electrons. The van der Waals surface area contributed by atoms with E-state index in [-0.39, 0.29) is 5.56 Å². The van der Waals surface area contributed by atoms with Crippen LogP contribution in [0.1, 0.15) is 22.7 Å². The molecule has 0 aromatic heterocycles. The first-order valence-electron chi connectivity index (χ1n) is 4.58. The maximum Gasteiger partial charge on any atom is 0.325 e. The third-order valence-electron chi connectivity index (χ3n) is 2.25. The summed E-state index contributed by atoms with van der Waals surface area (Å²) >= 11 is 0. The lowest BCUT2D eigenvalue weighted by atomic mass is 10.0. The monoisotopic (exact) mass is 220 g/mol. The van der Waals surface area contributed by atoms with Crippen LogP contribution in [-0.2, 0) is 4.79 Å². The number of carboxylic acid groups (broad SMARTS) is 1. The Kier molecular flexibility index (Phi) is 3.48. The Morgan fingerprint density at radius 2 is 2.25 bits per heavy atom. The predicted octanol–water partition coefficient (Wildman–Crippen LogP) is 0.960. The van der Waals surface area contributed by atoms with Crippen LogP contribution < -0.4 is 10.5 Å². The third-order valence-corrected chi connectivity index (χ3v) is 2.25. The number of carboxylic acids is 1. The zero-order valence-corrected chi connectivity index (χ0v) is 9.02. The highest BCUT2D eigenvalue weighted by molar-refractivity contribution is 5.75. The number of methoxy groups -OCH3 is 1. The molecule has 16 heavy (non-hydrogen) atoms. The molecule has 5 nitrogen and oxygen atoms in total. The standard InChI is InChI=1S/C11H12N2O3/c1-6-3-7(9(13)11(14)15)4-8(5-12)10(6)16-2/h3-4,9H,13H2,1-2H3,(H,14,15). The second-order valence-corrected chi connectivity index (χ2v) is 3.35. The molecule has 1 aromatic carbocycles. The van der Waals surface area contributed by atoms with Crippen LogP contribution in [0.4, 0.5) is 0 Å². The molecule has 1 rings (SSSR count). The normalized spacial score (nSPS) is 11.6. The topological polar surface area (TPSA) is 96.3 Å². The van der Waals surface area contributed by atoms with Gasteiger partial charge in [0.25, 0.3) is 0 Å². The van der Waals surface area contributed by atoms with Crippen LogP contribution in [0, 0.1) is 18.3 Å². The van der Waals surface area contributed by atoms with Crippen molar-refractivity contribution in [2.24, 2.45) is 5.73 Å². The van der Waals surface area contributed by atoms with Crippen LogP contribution in [-0.4, -0.2) is 18.2 Å². The largest absolute Gasteiger partial charge is 0.495 e. The minimum atomic E-state index is -1.13. The lowest BCUT2D eigenvalue weighted by Crippen LogP contribution is -2.20. The summed E-state index contributed by atoms with van der Waals surface area (Å²) in [6, 6.07) is 3.86. The molecule has 0 spiro atoms. The van der Waals surface area contributed by atoms with Crippen LogP contribution >= 0.6 is 0 Å². The quantitative estimate of drug-likeness (QED) is 0.790. The van der Waals surface area contributed by atoms with Gasteiger partial charge in [0, 0.05) is 0 Å². The van der Waals surface area contributed by atoms with Crippen molar-refractivity contribution in [3.63, 3.8) is 0 Å². The van der Waals surface area contributed by atoms with Crippen LogP contribution in [0.5, 0.6) is 5.75 Å². The van der Waals surface area contributed by atoms with Crippen molar-refractivity contribution in [2.45, 2.75) is 13.0 Å². The number of benzene rings is 1. The summed E-state index contributed by atoms with van der Waals surface area (Å²) in [4.78, 5) is 10.7. The number of hydrogen-bond donors (Lipinski definition) is 2. The van der Waals surface area contributed by atoms with Crippen LogP contribution in [0.25, 0.3) is 0 Å². The van der Waals surface area contributed by atoms with Crippen molar-refractivity contribution in [1.82, 2.24) is 0 Å². The van der Waals surface area contributed by atoms with E-state index in [4.69, 9.17) is 20.8 Å². The Morgan fingerprint density at radius 1 is 1.62 bits per heavy atom. The number of aryl methyl sites for hydroxylation is 1. The van der Waals surface area contributed by atoms with E-state index in [1.807, 2.05) is 6.07 Å². The van der Waals surface area contributed by atoms with Crippen LogP contribution in [0.2, 0.25) is 0 Å². The molecule has 0 aliphatic carbocycles. The first-order valence-corrected chi connectivity index (χ1v) is 4.58. The molecule has 0 bridgehead atoms. The minimum absolute atomic E-state index is 0.286. The molecular formula is C11H12N2O3. The summed E-state index contributed by atoms with van der Waals surface area (Å²) < 4.78 is 5.05. The Bertz CT molecular complexity index is 463.